The molecule has 1 aromatic carbocycles. The first-order chi connectivity index (χ1) is 13.5. The molecule has 1 N–H and O–H groups in total. The number of rotatable bonds is 4. The van der Waals surface area contributed by atoms with E-state index in [1.54, 1.807) is 0 Å². The first-order valence-electron chi connectivity index (χ1n) is 8.51. The molecule has 158 valence electrons. The third-order valence-corrected chi connectivity index (χ3v) is 5.68. The van der Waals surface area contributed by atoms with Crippen molar-refractivity contribution in [1.29, 1.82) is 0 Å². The van der Waals surface area contributed by atoms with Crippen LogP contribution in [0.1, 0.15) is 29.0 Å². The minimum absolute atomic E-state index is 0.0436. The summed E-state index contributed by atoms with van der Waals surface area (Å²) in [5, 5.41) is 9.18. The minimum Gasteiger partial charge on any atom is -0.347 e. The van der Waals surface area contributed by atoms with Gasteiger partial charge < -0.3 is 5.32 Å². The third kappa shape index (κ3) is 4.72. The van der Waals surface area contributed by atoms with Crippen molar-refractivity contribution in [2.75, 3.05) is 19.3 Å². The van der Waals surface area contributed by atoms with Gasteiger partial charge >= 0.3 is 6.18 Å². The number of amides is 1. The van der Waals surface area contributed by atoms with E-state index < -0.39 is 45.4 Å². The van der Waals surface area contributed by atoms with Gasteiger partial charge in [-0.05, 0) is 37.1 Å². The molecule has 2 aromatic rings. The van der Waals surface area contributed by atoms with E-state index in [9.17, 15) is 30.8 Å². The summed E-state index contributed by atoms with van der Waals surface area (Å²) in [6.45, 7) is 0.234. The lowest BCUT2D eigenvalue weighted by molar-refractivity contribution is -0.143. The molecule has 1 aliphatic heterocycles. The molecule has 0 bridgehead atoms. The van der Waals surface area contributed by atoms with Crippen LogP contribution in [0.2, 0.25) is 0 Å². The number of halogens is 4. The number of alkyl halides is 3. The summed E-state index contributed by atoms with van der Waals surface area (Å²) < 4.78 is 78.8. The molecule has 0 aliphatic carbocycles. The summed E-state index contributed by atoms with van der Waals surface area (Å²) in [6.07, 6.45) is -3.08. The van der Waals surface area contributed by atoms with Gasteiger partial charge in [-0.3, -0.25) is 4.79 Å². The molecule has 2 heterocycles. The fraction of sp³-hybridized carbons (Fsp3) is 0.438. The number of carbonyl (C=O) groups excluding carboxylic acids is 1. The molecule has 1 aliphatic rings. The van der Waals surface area contributed by atoms with Crippen molar-refractivity contribution in [3.05, 3.63) is 41.5 Å². The summed E-state index contributed by atoms with van der Waals surface area (Å²) in [4.78, 5) is 12.5. The van der Waals surface area contributed by atoms with Gasteiger partial charge in [0.25, 0.3) is 5.91 Å². The number of benzene rings is 1. The SMILES string of the molecule is CS(=O)(=O)N1CCCC(NC(=O)c2nnn(-c3ccc(F)cc3)c2C(F)(F)F)C1. The van der Waals surface area contributed by atoms with Crippen LogP contribution in [0.4, 0.5) is 17.6 Å². The van der Waals surface area contributed by atoms with Crippen LogP contribution in [0.5, 0.6) is 0 Å². The molecule has 1 amide bonds. The van der Waals surface area contributed by atoms with Crippen LogP contribution in [0.3, 0.4) is 0 Å². The predicted molar refractivity (Wildman–Crippen MR) is 93.2 cm³/mol. The molecule has 13 heteroatoms. The number of sulfonamides is 1. The lowest BCUT2D eigenvalue weighted by Gasteiger charge is -2.31. The molecule has 1 atom stereocenters. The molecule has 1 aromatic heterocycles. The minimum atomic E-state index is -4.96. The number of hydrogen-bond donors (Lipinski definition) is 1. The second kappa shape index (κ2) is 7.71. The van der Waals surface area contributed by atoms with Gasteiger partial charge in [-0.2, -0.15) is 13.2 Å². The van der Waals surface area contributed by atoms with Crippen LogP contribution >= 0.6 is 0 Å². The number of carbonyl (C=O) groups is 1. The number of hydrogen-bond acceptors (Lipinski definition) is 5. The van der Waals surface area contributed by atoms with Gasteiger partial charge in [-0.25, -0.2) is 21.8 Å². The van der Waals surface area contributed by atoms with Crippen molar-refractivity contribution in [3.63, 3.8) is 0 Å². The Balaban J connectivity index is 1.88. The van der Waals surface area contributed by atoms with E-state index >= 15 is 0 Å². The summed E-state index contributed by atoms with van der Waals surface area (Å²) in [7, 11) is -3.49. The Morgan fingerprint density at radius 3 is 2.48 bits per heavy atom. The van der Waals surface area contributed by atoms with Gasteiger partial charge in [0.05, 0.1) is 11.9 Å². The quantitative estimate of drug-likeness (QED) is 0.736. The van der Waals surface area contributed by atoms with Gasteiger partial charge in [0.2, 0.25) is 10.0 Å². The van der Waals surface area contributed by atoms with E-state index in [0.717, 1.165) is 34.8 Å². The second-order valence-corrected chi connectivity index (χ2v) is 8.59. The van der Waals surface area contributed by atoms with E-state index in [1.165, 1.54) is 0 Å². The number of nitrogens with zero attached hydrogens (tertiary/aromatic N) is 4. The summed E-state index contributed by atoms with van der Waals surface area (Å²) >= 11 is 0. The fourth-order valence-corrected chi connectivity index (χ4v) is 3.98. The largest absolute Gasteiger partial charge is 0.435 e. The molecule has 1 fully saturated rings. The average Bonchev–Trinajstić information content (AvgIpc) is 3.07. The Morgan fingerprint density at radius 1 is 1.24 bits per heavy atom. The molecule has 0 spiro atoms. The van der Waals surface area contributed by atoms with Crippen molar-refractivity contribution < 1.29 is 30.8 Å². The highest BCUT2D eigenvalue weighted by molar-refractivity contribution is 7.88. The van der Waals surface area contributed by atoms with Gasteiger partial charge in [0.1, 0.15) is 5.82 Å². The monoisotopic (exact) mass is 435 g/mol. The van der Waals surface area contributed by atoms with Crippen LogP contribution < -0.4 is 5.32 Å². The topological polar surface area (TPSA) is 97.2 Å². The maximum atomic E-state index is 13.6. The standard InChI is InChI=1S/C16H17F4N5O3S/c1-29(27,28)24-8-2-3-11(9-24)21-15(26)13-14(16(18,19)20)25(23-22-13)12-6-4-10(17)5-7-12/h4-7,11H,2-3,8-9H2,1H3,(H,21,26). The van der Waals surface area contributed by atoms with E-state index in [0.29, 0.717) is 17.5 Å². The molecule has 3 rings (SSSR count). The smallest absolute Gasteiger partial charge is 0.347 e. The lowest BCUT2D eigenvalue weighted by Crippen LogP contribution is -2.49. The summed E-state index contributed by atoms with van der Waals surface area (Å²) in [5.41, 5.74) is -2.47. The molecular formula is C16H17F4N5O3S. The Hall–Kier alpha value is -2.54. The normalized spacial score (nSPS) is 18.6. The van der Waals surface area contributed by atoms with Crippen LogP contribution in [0, 0.1) is 5.82 Å². The van der Waals surface area contributed by atoms with Gasteiger partial charge in [0, 0.05) is 19.1 Å². The van der Waals surface area contributed by atoms with Crippen molar-refractivity contribution in [3.8, 4) is 5.69 Å². The Morgan fingerprint density at radius 2 is 1.90 bits per heavy atom. The maximum Gasteiger partial charge on any atom is 0.435 e. The average molecular weight is 435 g/mol. The summed E-state index contributed by atoms with van der Waals surface area (Å²) in [5.74, 6) is -1.76. The molecule has 1 unspecified atom stereocenters. The van der Waals surface area contributed by atoms with Crippen LogP contribution in [0.15, 0.2) is 24.3 Å². The van der Waals surface area contributed by atoms with E-state index in [-0.39, 0.29) is 18.8 Å². The molecular weight excluding hydrogens is 418 g/mol. The van der Waals surface area contributed by atoms with Crippen LogP contribution in [-0.2, 0) is 16.2 Å². The van der Waals surface area contributed by atoms with E-state index in [2.05, 4.69) is 15.6 Å². The second-order valence-electron chi connectivity index (χ2n) is 6.61. The first kappa shape index (κ1) is 21.2. The van der Waals surface area contributed by atoms with Crippen LogP contribution in [0.25, 0.3) is 5.69 Å². The van der Waals surface area contributed by atoms with E-state index in [1.807, 2.05) is 0 Å². The highest BCUT2D eigenvalue weighted by Gasteiger charge is 2.42. The number of nitrogens with one attached hydrogen (secondary N) is 1. The van der Waals surface area contributed by atoms with E-state index in [4.69, 9.17) is 0 Å². The molecule has 1 saturated heterocycles. The number of piperidine rings is 1. The Kier molecular flexibility index (Phi) is 5.63. The first-order valence-corrected chi connectivity index (χ1v) is 10.4. The van der Waals surface area contributed by atoms with Crippen molar-refractivity contribution >= 4 is 15.9 Å². The summed E-state index contributed by atoms with van der Waals surface area (Å²) in [6, 6.07) is 3.40. The Labute approximate surface area is 163 Å². The zero-order valence-corrected chi connectivity index (χ0v) is 16.0. The maximum absolute atomic E-state index is 13.6. The van der Waals surface area contributed by atoms with Gasteiger partial charge in [0.15, 0.2) is 11.4 Å². The highest BCUT2D eigenvalue weighted by atomic mass is 32.2. The van der Waals surface area contributed by atoms with Crippen molar-refractivity contribution in [1.82, 2.24) is 24.6 Å². The Bertz CT molecular complexity index is 1000. The molecule has 29 heavy (non-hydrogen) atoms. The fourth-order valence-electron chi connectivity index (χ4n) is 3.07. The van der Waals surface area contributed by atoms with Gasteiger partial charge in [-0.1, -0.05) is 5.21 Å². The zero-order chi connectivity index (χ0) is 21.4. The lowest BCUT2D eigenvalue weighted by atomic mass is 10.1. The molecule has 0 radical (unpaired) electrons. The predicted octanol–water partition coefficient (Wildman–Crippen LogP) is 1.58. The highest BCUT2D eigenvalue weighted by Crippen LogP contribution is 2.33. The van der Waals surface area contributed by atoms with Crippen LogP contribution in [-0.4, -0.2) is 59.0 Å². The number of aromatic nitrogens is 3. The van der Waals surface area contributed by atoms with Crippen molar-refractivity contribution in [2.24, 2.45) is 0 Å². The van der Waals surface area contributed by atoms with Crippen molar-refractivity contribution in [2.45, 2.75) is 25.1 Å². The van der Waals surface area contributed by atoms with Gasteiger partial charge in [-0.15, -0.1) is 5.10 Å². The molecule has 0 saturated carbocycles. The third-order valence-electron chi connectivity index (χ3n) is 4.41. The zero-order valence-electron chi connectivity index (χ0n) is 15.1. The molecule has 8 nitrogen and oxygen atoms in total.